The summed E-state index contributed by atoms with van der Waals surface area (Å²) in [6.07, 6.45) is 7.77. The number of hydrogen-bond acceptors (Lipinski definition) is 2. The van der Waals surface area contributed by atoms with E-state index in [0.29, 0.717) is 12.3 Å². The van der Waals surface area contributed by atoms with Gasteiger partial charge in [0.2, 0.25) is 5.91 Å². The van der Waals surface area contributed by atoms with E-state index in [2.05, 4.69) is 30.1 Å². The van der Waals surface area contributed by atoms with Crippen LogP contribution in [0.4, 0.5) is 0 Å². The lowest BCUT2D eigenvalue weighted by Gasteiger charge is -2.32. The van der Waals surface area contributed by atoms with E-state index in [1.165, 1.54) is 38.0 Å². The molecule has 18 heavy (non-hydrogen) atoms. The van der Waals surface area contributed by atoms with E-state index < -0.39 is 0 Å². The number of carbonyl (C=O) groups excluding carboxylic acids is 1. The first kappa shape index (κ1) is 15.2. The fraction of sp³-hybridized carbons (Fsp3) is 0.800. The highest BCUT2D eigenvalue weighted by Crippen LogP contribution is 2.21. The number of likely N-dealkylation sites (tertiary alicyclic amines) is 1. The van der Waals surface area contributed by atoms with Crippen molar-refractivity contribution in [3.05, 3.63) is 11.6 Å². The average molecular weight is 252 g/mol. The molecule has 0 unspecified atom stereocenters. The van der Waals surface area contributed by atoms with Gasteiger partial charge in [-0.2, -0.15) is 0 Å². The molecule has 1 fully saturated rings. The van der Waals surface area contributed by atoms with Gasteiger partial charge in [-0.15, -0.1) is 0 Å². The molecule has 1 aliphatic rings. The highest BCUT2D eigenvalue weighted by atomic mass is 16.1. The first-order valence-corrected chi connectivity index (χ1v) is 7.18. The molecule has 1 atom stereocenters. The number of amides is 1. The first-order valence-electron chi connectivity index (χ1n) is 7.18. The van der Waals surface area contributed by atoms with Crippen LogP contribution in [0.5, 0.6) is 0 Å². The Labute approximate surface area is 112 Å². The molecular formula is C15H28N2O. The third-order valence-electron chi connectivity index (χ3n) is 3.66. The fourth-order valence-electron chi connectivity index (χ4n) is 2.59. The topological polar surface area (TPSA) is 32.3 Å². The van der Waals surface area contributed by atoms with Crippen LogP contribution in [0.2, 0.25) is 0 Å². The Kier molecular flexibility index (Phi) is 7.02. The van der Waals surface area contributed by atoms with Gasteiger partial charge in [-0.1, -0.05) is 11.6 Å². The van der Waals surface area contributed by atoms with E-state index in [9.17, 15) is 4.79 Å². The number of rotatable bonds is 6. The molecule has 0 aliphatic carbocycles. The van der Waals surface area contributed by atoms with Gasteiger partial charge < -0.3 is 10.2 Å². The molecule has 0 radical (unpaired) electrons. The number of nitrogens with one attached hydrogen (secondary N) is 1. The zero-order valence-corrected chi connectivity index (χ0v) is 12.2. The van der Waals surface area contributed by atoms with Crippen LogP contribution in [0.25, 0.3) is 0 Å². The van der Waals surface area contributed by atoms with Crippen LogP contribution in [0.15, 0.2) is 11.6 Å². The predicted octanol–water partition coefficient (Wildman–Crippen LogP) is 2.58. The second kappa shape index (κ2) is 8.30. The van der Waals surface area contributed by atoms with E-state index in [1.807, 2.05) is 0 Å². The Bertz CT molecular complexity index is 282. The molecule has 1 amide bonds. The third-order valence-corrected chi connectivity index (χ3v) is 3.66. The molecule has 3 nitrogen and oxygen atoms in total. The standard InChI is InChI=1S/C15H28N2O/c1-13(2)6-4-10-17-11-5-7-14(12-17)8-9-15(18)16-3/h6,14H,4-5,7-12H2,1-3H3,(H,16,18)/t14-/m1/s1. The summed E-state index contributed by atoms with van der Waals surface area (Å²) in [6.45, 7) is 7.88. The van der Waals surface area contributed by atoms with Crippen LogP contribution in [-0.4, -0.2) is 37.5 Å². The lowest BCUT2D eigenvalue weighted by atomic mass is 9.93. The van der Waals surface area contributed by atoms with Crippen LogP contribution in [0.3, 0.4) is 0 Å². The average Bonchev–Trinajstić information content (AvgIpc) is 2.36. The number of carbonyl (C=O) groups is 1. The molecular weight excluding hydrogens is 224 g/mol. The Morgan fingerprint density at radius 2 is 2.22 bits per heavy atom. The number of piperidine rings is 1. The highest BCUT2D eigenvalue weighted by Gasteiger charge is 2.19. The van der Waals surface area contributed by atoms with Gasteiger partial charge in [0.05, 0.1) is 0 Å². The van der Waals surface area contributed by atoms with Crippen molar-refractivity contribution in [2.45, 2.75) is 46.0 Å². The van der Waals surface area contributed by atoms with Crippen molar-refractivity contribution in [2.24, 2.45) is 5.92 Å². The summed E-state index contributed by atoms with van der Waals surface area (Å²) in [5.74, 6) is 0.888. The minimum atomic E-state index is 0.177. The summed E-state index contributed by atoms with van der Waals surface area (Å²) in [5, 5.41) is 2.70. The summed E-state index contributed by atoms with van der Waals surface area (Å²) in [7, 11) is 1.72. The van der Waals surface area contributed by atoms with Gasteiger partial charge in [0.1, 0.15) is 0 Å². The van der Waals surface area contributed by atoms with Crippen molar-refractivity contribution in [1.82, 2.24) is 10.2 Å². The summed E-state index contributed by atoms with van der Waals surface area (Å²) in [5.41, 5.74) is 1.41. The van der Waals surface area contributed by atoms with Gasteiger partial charge in [-0.25, -0.2) is 0 Å². The van der Waals surface area contributed by atoms with E-state index in [0.717, 1.165) is 12.8 Å². The summed E-state index contributed by atoms with van der Waals surface area (Å²) >= 11 is 0. The lowest BCUT2D eigenvalue weighted by Crippen LogP contribution is -2.36. The lowest BCUT2D eigenvalue weighted by molar-refractivity contribution is -0.121. The van der Waals surface area contributed by atoms with E-state index in [4.69, 9.17) is 0 Å². The van der Waals surface area contributed by atoms with Crippen molar-refractivity contribution < 1.29 is 4.79 Å². The van der Waals surface area contributed by atoms with Crippen molar-refractivity contribution in [3.8, 4) is 0 Å². The number of hydrogen-bond donors (Lipinski definition) is 1. The molecule has 0 aromatic rings. The van der Waals surface area contributed by atoms with Gasteiger partial charge in [0.25, 0.3) is 0 Å². The van der Waals surface area contributed by atoms with Crippen molar-refractivity contribution >= 4 is 5.91 Å². The Morgan fingerprint density at radius 1 is 1.44 bits per heavy atom. The third kappa shape index (κ3) is 6.20. The largest absolute Gasteiger partial charge is 0.359 e. The molecule has 1 N–H and O–H groups in total. The van der Waals surface area contributed by atoms with Gasteiger partial charge in [-0.3, -0.25) is 4.79 Å². The predicted molar refractivity (Wildman–Crippen MR) is 76.5 cm³/mol. The zero-order chi connectivity index (χ0) is 13.4. The van der Waals surface area contributed by atoms with Crippen molar-refractivity contribution in [2.75, 3.05) is 26.7 Å². The van der Waals surface area contributed by atoms with Gasteiger partial charge >= 0.3 is 0 Å². The molecule has 1 aliphatic heterocycles. The summed E-state index contributed by atoms with van der Waals surface area (Å²) in [4.78, 5) is 13.8. The molecule has 0 aromatic heterocycles. The number of nitrogens with zero attached hydrogens (tertiary/aromatic N) is 1. The van der Waals surface area contributed by atoms with Crippen LogP contribution in [0.1, 0.15) is 46.0 Å². The van der Waals surface area contributed by atoms with E-state index in [1.54, 1.807) is 7.05 Å². The van der Waals surface area contributed by atoms with Crippen molar-refractivity contribution in [1.29, 1.82) is 0 Å². The van der Waals surface area contributed by atoms with Gasteiger partial charge in [-0.05, 0) is 52.0 Å². The highest BCUT2D eigenvalue weighted by molar-refractivity contribution is 5.75. The van der Waals surface area contributed by atoms with Crippen molar-refractivity contribution in [3.63, 3.8) is 0 Å². The summed E-state index contributed by atoms with van der Waals surface area (Å²) in [6, 6.07) is 0. The number of allylic oxidation sites excluding steroid dienone is 1. The SMILES string of the molecule is CNC(=O)CC[C@H]1CCCN(CCC=C(C)C)C1. The molecule has 0 saturated carbocycles. The Balaban J connectivity index is 2.23. The molecule has 0 bridgehead atoms. The zero-order valence-electron chi connectivity index (χ0n) is 12.2. The second-order valence-corrected chi connectivity index (χ2v) is 5.59. The first-order chi connectivity index (χ1) is 8.61. The summed E-state index contributed by atoms with van der Waals surface area (Å²) < 4.78 is 0. The van der Waals surface area contributed by atoms with Gasteiger partial charge in [0, 0.05) is 26.6 Å². The quantitative estimate of drug-likeness (QED) is 0.737. The fourth-order valence-corrected chi connectivity index (χ4v) is 2.59. The van der Waals surface area contributed by atoms with E-state index in [-0.39, 0.29) is 5.91 Å². The minimum Gasteiger partial charge on any atom is -0.359 e. The maximum atomic E-state index is 11.3. The molecule has 1 rings (SSSR count). The molecule has 104 valence electrons. The molecule has 1 heterocycles. The Morgan fingerprint density at radius 3 is 2.89 bits per heavy atom. The molecule has 1 saturated heterocycles. The molecule has 0 aromatic carbocycles. The smallest absolute Gasteiger partial charge is 0.219 e. The van der Waals surface area contributed by atoms with Crippen LogP contribution in [-0.2, 0) is 4.79 Å². The maximum Gasteiger partial charge on any atom is 0.219 e. The second-order valence-electron chi connectivity index (χ2n) is 5.59. The van der Waals surface area contributed by atoms with Gasteiger partial charge in [0.15, 0.2) is 0 Å². The molecule has 3 heteroatoms. The molecule has 0 spiro atoms. The van der Waals surface area contributed by atoms with Crippen LogP contribution < -0.4 is 5.32 Å². The Hall–Kier alpha value is -0.830. The monoisotopic (exact) mass is 252 g/mol. The van der Waals surface area contributed by atoms with Crippen LogP contribution >= 0.6 is 0 Å². The van der Waals surface area contributed by atoms with Crippen LogP contribution in [0, 0.1) is 5.92 Å². The minimum absolute atomic E-state index is 0.177. The normalized spacial score (nSPS) is 20.5. The van der Waals surface area contributed by atoms with E-state index >= 15 is 0 Å². The maximum absolute atomic E-state index is 11.3.